The quantitative estimate of drug-likeness (QED) is 0.739. The molecule has 0 spiro atoms. The number of hydrogen-bond acceptors (Lipinski definition) is 5. The van der Waals surface area contributed by atoms with E-state index in [1.54, 1.807) is 24.3 Å². The second kappa shape index (κ2) is 7.50. The molecule has 0 atom stereocenters. The van der Waals surface area contributed by atoms with Crippen molar-refractivity contribution >= 4 is 15.7 Å². The van der Waals surface area contributed by atoms with Crippen molar-refractivity contribution in [2.45, 2.75) is 6.42 Å². The molecule has 0 radical (unpaired) electrons. The van der Waals surface area contributed by atoms with Gasteiger partial charge in [0.2, 0.25) is 0 Å². The van der Waals surface area contributed by atoms with Crippen LogP contribution >= 0.6 is 0 Å². The summed E-state index contributed by atoms with van der Waals surface area (Å²) in [5.41, 5.74) is 0.516. The largest absolute Gasteiger partial charge is 0.484 e. The van der Waals surface area contributed by atoms with Gasteiger partial charge < -0.3 is 10.1 Å². The Hall–Kier alpha value is -2.07. The van der Waals surface area contributed by atoms with Gasteiger partial charge in [-0.15, -0.1) is 0 Å². The highest BCUT2D eigenvalue weighted by atomic mass is 32.2. The number of ether oxygens (including phenoxy) is 1. The predicted octanol–water partition coefficient (Wildman–Crippen LogP) is 0.488. The SMILES string of the molecule is CS(=O)(=O)CCCNC(=O)COc1ccc(C#N)cc1. The van der Waals surface area contributed by atoms with E-state index in [1.807, 2.05) is 6.07 Å². The third-order valence-electron chi connectivity index (χ3n) is 2.37. The Morgan fingerprint density at radius 1 is 1.35 bits per heavy atom. The van der Waals surface area contributed by atoms with Crippen LogP contribution in [0, 0.1) is 11.3 Å². The van der Waals surface area contributed by atoms with Crippen LogP contribution in [0.5, 0.6) is 5.75 Å². The molecule has 0 saturated heterocycles. The van der Waals surface area contributed by atoms with Crippen LogP contribution in [0.4, 0.5) is 0 Å². The molecule has 0 aliphatic heterocycles. The molecule has 6 nitrogen and oxygen atoms in total. The summed E-state index contributed by atoms with van der Waals surface area (Å²) in [6, 6.07) is 8.39. The molecule has 1 N–H and O–H groups in total. The minimum absolute atomic E-state index is 0.0454. The number of benzene rings is 1. The molecule has 0 aromatic heterocycles. The summed E-state index contributed by atoms with van der Waals surface area (Å²) in [5.74, 6) is 0.224. The molecule has 1 rings (SSSR count). The van der Waals surface area contributed by atoms with E-state index in [0.717, 1.165) is 6.26 Å². The number of amides is 1. The molecule has 0 bridgehead atoms. The number of rotatable bonds is 7. The maximum atomic E-state index is 11.4. The highest BCUT2D eigenvalue weighted by molar-refractivity contribution is 7.90. The fourth-order valence-electron chi connectivity index (χ4n) is 1.39. The van der Waals surface area contributed by atoms with Gasteiger partial charge in [0.1, 0.15) is 15.6 Å². The van der Waals surface area contributed by atoms with Crippen molar-refractivity contribution in [3.8, 4) is 11.8 Å². The zero-order valence-electron chi connectivity index (χ0n) is 11.1. The number of hydrogen-bond donors (Lipinski definition) is 1. The van der Waals surface area contributed by atoms with Gasteiger partial charge in [0.05, 0.1) is 17.4 Å². The van der Waals surface area contributed by atoms with E-state index in [-0.39, 0.29) is 18.3 Å². The summed E-state index contributed by atoms with van der Waals surface area (Å²) in [6.07, 6.45) is 1.53. The summed E-state index contributed by atoms with van der Waals surface area (Å²) >= 11 is 0. The molecule has 7 heteroatoms. The van der Waals surface area contributed by atoms with Crippen LogP contribution in [0.1, 0.15) is 12.0 Å². The molecule has 0 aliphatic carbocycles. The number of carbonyl (C=O) groups excluding carboxylic acids is 1. The maximum Gasteiger partial charge on any atom is 0.257 e. The lowest BCUT2D eigenvalue weighted by Crippen LogP contribution is -2.30. The van der Waals surface area contributed by atoms with Gasteiger partial charge in [0.15, 0.2) is 6.61 Å². The highest BCUT2D eigenvalue weighted by Gasteiger charge is 2.05. The fraction of sp³-hybridized carbons (Fsp3) is 0.385. The molecule has 1 amide bonds. The first-order chi connectivity index (χ1) is 9.40. The van der Waals surface area contributed by atoms with E-state index in [4.69, 9.17) is 10.00 Å². The van der Waals surface area contributed by atoms with E-state index in [0.29, 0.717) is 24.3 Å². The van der Waals surface area contributed by atoms with Gasteiger partial charge in [-0.2, -0.15) is 5.26 Å². The molecule has 20 heavy (non-hydrogen) atoms. The fourth-order valence-corrected chi connectivity index (χ4v) is 2.06. The first-order valence-electron chi connectivity index (χ1n) is 5.98. The van der Waals surface area contributed by atoms with Crippen molar-refractivity contribution in [2.24, 2.45) is 0 Å². The summed E-state index contributed by atoms with van der Waals surface area (Å²) in [4.78, 5) is 11.4. The smallest absolute Gasteiger partial charge is 0.257 e. The Morgan fingerprint density at radius 2 is 2.00 bits per heavy atom. The van der Waals surface area contributed by atoms with E-state index in [1.165, 1.54) is 0 Å². The first-order valence-corrected chi connectivity index (χ1v) is 8.04. The van der Waals surface area contributed by atoms with Gasteiger partial charge in [0.25, 0.3) is 5.91 Å². The second-order valence-electron chi connectivity index (χ2n) is 4.26. The number of nitriles is 1. The molecule has 0 saturated carbocycles. The van der Waals surface area contributed by atoms with Crippen LogP contribution in [0.2, 0.25) is 0 Å². The van der Waals surface area contributed by atoms with Crippen LogP contribution < -0.4 is 10.1 Å². The Balaban J connectivity index is 2.24. The average Bonchev–Trinajstić information content (AvgIpc) is 2.41. The summed E-state index contributed by atoms with van der Waals surface area (Å²) < 4.78 is 27.0. The lowest BCUT2D eigenvalue weighted by atomic mass is 10.2. The minimum atomic E-state index is -2.99. The topological polar surface area (TPSA) is 96.3 Å². The monoisotopic (exact) mass is 296 g/mol. The molecule has 0 fully saturated rings. The summed E-state index contributed by atoms with van der Waals surface area (Å²) in [7, 11) is -2.99. The molecule has 0 heterocycles. The van der Waals surface area contributed by atoms with Crippen LogP contribution in [0.25, 0.3) is 0 Å². The van der Waals surface area contributed by atoms with E-state index in [9.17, 15) is 13.2 Å². The molecule has 1 aromatic carbocycles. The first kappa shape index (κ1) is 16.0. The van der Waals surface area contributed by atoms with Crippen LogP contribution in [0.3, 0.4) is 0 Å². The Bertz CT molecular complexity index is 588. The van der Waals surface area contributed by atoms with Crippen molar-refractivity contribution in [1.29, 1.82) is 5.26 Å². The van der Waals surface area contributed by atoms with Gasteiger partial charge in [0, 0.05) is 12.8 Å². The average molecular weight is 296 g/mol. The van der Waals surface area contributed by atoms with Gasteiger partial charge >= 0.3 is 0 Å². The summed E-state index contributed by atoms with van der Waals surface area (Å²) in [5, 5.41) is 11.2. The molecular formula is C13H16N2O4S. The van der Waals surface area contributed by atoms with Gasteiger partial charge in [-0.1, -0.05) is 0 Å². The van der Waals surface area contributed by atoms with E-state index >= 15 is 0 Å². The van der Waals surface area contributed by atoms with Gasteiger partial charge in [-0.05, 0) is 30.7 Å². The standard InChI is InChI=1S/C13H16N2O4S/c1-20(17,18)8-2-7-15-13(16)10-19-12-5-3-11(9-14)4-6-12/h3-6H,2,7-8,10H2,1H3,(H,15,16). The van der Waals surface area contributed by atoms with Crippen LogP contribution in [-0.2, 0) is 14.6 Å². The number of sulfone groups is 1. The molecule has 108 valence electrons. The maximum absolute atomic E-state index is 11.4. The zero-order valence-corrected chi connectivity index (χ0v) is 11.9. The van der Waals surface area contributed by atoms with Crippen LogP contribution in [-0.4, -0.2) is 39.5 Å². The number of nitrogens with one attached hydrogen (secondary N) is 1. The van der Waals surface area contributed by atoms with E-state index in [2.05, 4.69) is 5.32 Å². The lowest BCUT2D eigenvalue weighted by Gasteiger charge is -2.07. The van der Waals surface area contributed by atoms with Crippen molar-refractivity contribution in [3.05, 3.63) is 29.8 Å². The third-order valence-corrected chi connectivity index (χ3v) is 3.40. The van der Waals surface area contributed by atoms with Gasteiger partial charge in [-0.25, -0.2) is 8.42 Å². The molecule has 1 aromatic rings. The van der Waals surface area contributed by atoms with Crippen molar-refractivity contribution in [1.82, 2.24) is 5.32 Å². The third kappa shape index (κ3) is 6.75. The number of carbonyl (C=O) groups is 1. The van der Waals surface area contributed by atoms with Crippen LogP contribution in [0.15, 0.2) is 24.3 Å². The Kier molecular flexibility index (Phi) is 6.00. The Morgan fingerprint density at radius 3 is 2.55 bits per heavy atom. The zero-order chi connectivity index (χ0) is 15.0. The molecule has 0 aliphatic rings. The van der Waals surface area contributed by atoms with Crippen molar-refractivity contribution in [2.75, 3.05) is 25.2 Å². The van der Waals surface area contributed by atoms with Crippen molar-refractivity contribution in [3.63, 3.8) is 0 Å². The molecular weight excluding hydrogens is 280 g/mol. The Labute approximate surface area is 118 Å². The van der Waals surface area contributed by atoms with Crippen molar-refractivity contribution < 1.29 is 17.9 Å². The predicted molar refractivity (Wildman–Crippen MR) is 74.0 cm³/mol. The number of nitrogens with zero attached hydrogens (tertiary/aromatic N) is 1. The normalized spacial score (nSPS) is 10.6. The molecule has 0 unspecified atom stereocenters. The lowest BCUT2D eigenvalue weighted by molar-refractivity contribution is -0.123. The second-order valence-corrected chi connectivity index (χ2v) is 6.52. The highest BCUT2D eigenvalue weighted by Crippen LogP contribution is 2.11. The van der Waals surface area contributed by atoms with E-state index < -0.39 is 9.84 Å². The minimum Gasteiger partial charge on any atom is -0.484 e. The van der Waals surface area contributed by atoms with Gasteiger partial charge in [-0.3, -0.25) is 4.79 Å². The summed E-state index contributed by atoms with van der Waals surface area (Å²) in [6.45, 7) is 0.146.